The number of hydrogen-bond donors (Lipinski definition) is 0. The molecule has 81 heavy (non-hydrogen) atoms. The minimum Gasteiger partial charge on any atom is -0.310 e. The van der Waals surface area contributed by atoms with E-state index in [-0.39, 0.29) is 5.41 Å². The van der Waals surface area contributed by atoms with Crippen molar-refractivity contribution in [3.05, 3.63) is 197 Å². The van der Waals surface area contributed by atoms with Crippen molar-refractivity contribution in [3.63, 3.8) is 0 Å². The van der Waals surface area contributed by atoms with E-state index in [0.29, 0.717) is 23.7 Å². The fourth-order valence-electron chi connectivity index (χ4n) is 17.1. The molecule has 422 valence electrons. The van der Waals surface area contributed by atoms with Crippen LogP contribution in [0.2, 0.25) is 0 Å². The molecule has 0 amide bonds. The van der Waals surface area contributed by atoms with Crippen molar-refractivity contribution in [2.75, 3.05) is 4.90 Å². The van der Waals surface area contributed by atoms with Crippen molar-refractivity contribution in [2.24, 2.45) is 17.8 Å². The lowest BCUT2D eigenvalue weighted by Crippen LogP contribution is -2.23. The van der Waals surface area contributed by atoms with Crippen LogP contribution >= 0.6 is 0 Å². The molecule has 0 saturated heterocycles. The average Bonchev–Trinajstić information content (AvgIpc) is 3.88. The van der Waals surface area contributed by atoms with Crippen molar-refractivity contribution < 1.29 is 0 Å². The van der Waals surface area contributed by atoms with Gasteiger partial charge in [0.2, 0.25) is 0 Å². The Balaban J connectivity index is 0.999. The largest absolute Gasteiger partial charge is 0.310 e. The molecule has 4 saturated carbocycles. The first-order valence-electron chi connectivity index (χ1n) is 33.5. The normalized spacial score (nSPS) is 24.8. The molecular formula is C80H97N. The van der Waals surface area contributed by atoms with E-state index in [4.69, 9.17) is 0 Å². The Morgan fingerprint density at radius 2 is 0.827 bits per heavy atom. The first kappa shape index (κ1) is 55.9. The molecule has 0 aromatic heterocycles. The van der Waals surface area contributed by atoms with Crippen molar-refractivity contribution in [1.82, 2.24) is 0 Å². The summed E-state index contributed by atoms with van der Waals surface area (Å²) in [4.78, 5) is 2.60. The van der Waals surface area contributed by atoms with Gasteiger partial charge in [0.15, 0.2) is 0 Å². The maximum atomic E-state index is 2.85. The Labute approximate surface area is 490 Å². The van der Waals surface area contributed by atoms with Gasteiger partial charge >= 0.3 is 0 Å². The number of hydrogen-bond acceptors (Lipinski definition) is 1. The number of para-hydroxylation sites is 1. The number of nitrogens with zero attached hydrogens (tertiary/aromatic N) is 1. The molecule has 0 spiro atoms. The van der Waals surface area contributed by atoms with E-state index in [1.807, 2.05) is 0 Å². The summed E-state index contributed by atoms with van der Waals surface area (Å²) in [7, 11) is 0. The molecule has 4 fully saturated rings. The van der Waals surface area contributed by atoms with E-state index in [2.05, 4.69) is 190 Å². The molecule has 1 unspecified atom stereocenters. The predicted octanol–water partition coefficient (Wildman–Crippen LogP) is 24.3. The third kappa shape index (κ3) is 11.8. The van der Waals surface area contributed by atoms with Crippen molar-refractivity contribution >= 4 is 17.1 Å². The first-order valence-corrected chi connectivity index (χ1v) is 33.5. The van der Waals surface area contributed by atoms with Gasteiger partial charge in [-0.2, -0.15) is 0 Å². The van der Waals surface area contributed by atoms with Gasteiger partial charge in [-0.05, 0) is 197 Å². The number of benzene rings is 7. The Kier molecular flexibility index (Phi) is 17.8. The van der Waals surface area contributed by atoms with Crippen LogP contribution in [0.5, 0.6) is 0 Å². The Morgan fingerprint density at radius 1 is 0.358 bits per heavy atom. The molecular weight excluding hydrogens is 975 g/mol. The second-order valence-corrected chi connectivity index (χ2v) is 26.7. The summed E-state index contributed by atoms with van der Waals surface area (Å²) in [6, 6.07) is 62.8. The third-order valence-corrected chi connectivity index (χ3v) is 22.1. The summed E-state index contributed by atoms with van der Waals surface area (Å²) < 4.78 is 0. The fourth-order valence-corrected chi connectivity index (χ4v) is 17.1. The lowest BCUT2D eigenvalue weighted by atomic mass is 9.72. The zero-order chi connectivity index (χ0) is 55.1. The summed E-state index contributed by atoms with van der Waals surface area (Å²) in [6.07, 6.45) is 35.4. The van der Waals surface area contributed by atoms with Crippen LogP contribution < -0.4 is 4.90 Å². The molecule has 0 bridgehead atoms. The topological polar surface area (TPSA) is 3.24 Å². The maximum absolute atomic E-state index is 2.85. The lowest BCUT2D eigenvalue weighted by molar-refractivity contribution is 0.344. The molecule has 5 aliphatic carbocycles. The van der Waals surface area contributed by atoms with Crippen molar-refractivity contribution in [1.29, 1.82) is 0 Å². The van der Waals surface area contributed by atoms with Gasteiger partial charge in [-0.15, -0.1) is 0 Å². The van der Waals surface area contributed by atoms with Crippen LogP contribution in [0.3, 0.4) is 0 Å². The van der Waals surface area contributed by atoms with Crippen LogP contribution in [0.15, 0.2) is 158 Å². The van der Waals surface area contributed by atoms with Gasteiger partial charge in [0.25, 0.3) is 0 Å². The van der Waals surface area contributed by atoms with E-state index in [0.717, 1.165) is 17.8 Å². The van der Waals surface area contributed by atoms with E-state index in [1.165, 1.54) is 234 Å². The molecule has 7 aromatic carbocycles. The molecule has 1 heteroatoms. The third-order valence-electron chi connectivity index (χ3n) is 22.1. The zero-order valence-electron chi connectivity index (χ0n) is 50.4. The predicted molar refractivity (Wildman–Crippen MR) is 348 cm³/mol. The number of fused-ring (bicyclic) bond motifs is 3. The van der Waals surface area contributed by atoms with Gasteiger partial charge < -0.3 is 4.90 Å². The molecule has 0 radical (unpaired) electrons. The Hall–Kier alpha value is -5.66. The van der Waals surface area contributed by atoms with E-state index >= 15 is 0 Å². The van der Waals surface area contributed by atoms with Crippen LogP contribution in [0.1, 0.15) is 257 Å². The highest BCUT2D eigenvalue weighted by Crippen LogP contribution is 2.55. The van der Waals surface area contributed by atoms with Gasteiger partial charge in [-0.1, -0.05) is 264 Å². The smallest absolute Gasteiger partial charge is 0.0540 e. The van der Waals surface area contributed by atoms with Gasteiger partial charge in [-0.3, -0.25) is 0 Å². The molecule has 7 aromatic rings. The highest BCUT2D eigenvalue weighted by atomic mass is 15.1. The molecule has 1 nitrogen and oxygen atoms in total. The monoisotopic (exact) mass is 1070 g/mol. The van der Waals surface area contributed by atoms with Crippen LogP contribution in [0.25, 0.3) is 33.4 Å². The summed E-state index contributed by atoms with van der Waals surface area (Å²) in [5.41, 5.74) is 22.4. The second-order valence-electron chi connectivity index (χ2n) is 26.7. The molecule has 0 aliphatic heterocycles. The lowest BCUT2D eigenvalue weighted by Gasteiger charge is -2.33. The molecule has 5 aliphatic rings. The minimum atomic E-state index is -0.308. The van der Waals surface area contributed by atoms with E-state index in [9.17, 15) is 0 Å². The van der Waals surface area contributed by atoms with Gasteiger partial charge in [-0.25, -0.2) is 0 Å². The fraction of sp³-hybridized carbons (Fsp3) is 0.475. The van der Waals surface area contributed by atoms with Gasteiger partial charge in [0.05, 0.1) is 5.69 Å². The standard InChI is InChI=1S/C80H97N/c1-5-57-24-18-34-61(35-19-25-57)67-54-74(64-36-20-26-58(6-2)27-21-37-64)79(75(55-67)65-38-22-28-59(7-3)29-23-39-65)66-46-50-69(51-47-66)81(78-43-17-15-40-71(78)63-32-12-9-13-33-63)70-52-53-73-72-41-14-16-42-76(72)80(4,77(73)56-70)68-48-44-62(45-49-68)60-30-10-8-11-31-60/h9,12-17,32-33,40-61,64-65H,5-8,10-11,18-31,34-39H2,1-4H3. The molecule has 0 heterocycles. The maximum Gasteiger partial charge on any atom is 0.0540 e. The number of rotatable bonds is 13. The highest BCUT2D eigenvalue weighted by molar-refractivity contribution is 5.91. The van der Waals surface area contributed by atoms with E-state index < -0.39 is 0 Å². The molecule has 1 atom stereocenters. The quantitative estimate of drug-likeness (QED) is 0.111. The van der Waals surface area contributed by atoms with Crippen LogP contribution in [-0.4, -0.2) is 0 Å². The minimum absolute atomic E-state index is 0.308. The van der Waals surface area contributed by atoms with Crippen LogP contribution in [0.4, 0.5) is 17.1 Å². The average molecular weight is 1070 g/mol. The zero-order valence-corrected chi connectivity index (χ0v) is 50.4. The highest BCUT2D eigenvalue weighted by Gasteiger charge is 2.41. The van der Waals surface area contributed by atoms with Crippen molar-refractivity contribution in [3.8, 4) is 33.4 Å². The Bertz CT molecular complexity index is 3080. The number of anilines is 3. The van der Waals surface area contributed by atoms with E-state index in [1.54, 1.807) is 22.3 Å². The summed E-state index contributed by atoms with van der Waals surface area (Å²) in [5.74, 6) is 5.28. The summed E-state index contributed by atoms with van der Waals surface area (Å²) in [6.45, 7) is 9.82. The Morgan fingerprint density at radius 3 is 1.40 bits per heavy atom. The summed E-state index contributed by atoms with van der Waals surface area (Å²) in [5, 5.41) is 0. The van der Waals surface area contributed by atoms with Crippen molar-refractivity contribution in [2.45, 2.75) is 224 Å². The van der Waals surface area contributed by atoms with Crippen LogP contribution in [-0.2, 0) is 5.41 Å². The summed E-state index contributed by atoms with van der Waals surface area (Å²) >= 11 is 0. The molecule has 0 N–H and O–H groups in total. The van der Waals surface area contributed by atoms with Crippen LogP contribution in [0, 0.1) is 17.8 Å². The molecule has 12 rings (SSSR count). The first-order chi connectivity index (χ1) is 39.9. The second kappa shape index (κ2) is 25.9. The van der Waals surface area contributed by atoms with Gasteiger partial charge in [0, 0.05) is 22.4 Å². The van der Waals surface area contributed by atoms with Gasteiger partial charge in [0.1, 0.15) is 0 Å². The SMILES string of the molecule is CCC1CCCC(c2cc(C3CCCC(CC)CCC3)c(-c3ccc(N(c4ccc5c(c4)C(C)(c4ccc(C6CCCCC6)cc4)c4ccccc4-5)c4ccccc4-c4ccccc4)cc3)c(C3CCCC(CC)CCC3)c2)CCC1.